The zero-order valence-electron chi connectivity index (χ0n) is 14.9. The Morgan fingerprint density at radius 2 is 1.70 bits per heavy atom. The van der Waals surface area contributed by atoms with Crippen LogP contribution < -0.4 is 0 Å². The third-order valence-electron chi connectivity index (χ3n) is 5.27. The van der Waals surface area contributed by atoms with Crippen LogP contribution in [0.15, 0.2) is 42.5 Å². The van der Waals surface area contributed by atoms with Crippen LogP contribution in [-0.2, 0) is 16.0 Å². The molecule has 0 amide bonds. The van der Waals surface area contributed by atoms with Crippen molar-refractivity contribution in [1.29, 1.82) is 0 Å². The Balaban J connectivity index is 1.49. The van der Waals surface area contributed by atoms with Crippen molar-refractivity contribution in [3.8, 4) is 0 Å². The summed E-state index contributed by atoms with van der Waals surface area (Å²) < 4.78 is 11.6. The molecule has 4 nitrogen and oxygen atoms in total. The molecular weight excluding hydrogens is 385 g/mol. The molecule has 0 saturated carbocycles. The van der Waals surface area contributed by atoms with Gasteiger partial charge in [-0.2, -0.15) is 0 Å². The lowest BCUT2D eigenvalue weighted by atomic mass is 9.97. The summed E-state index contributed by atoms with van der Waals surface area (Å²) in [6, 6.07) is 12.7. The summed E-state index contributed by atoms with van der Waals surface area (Å²) >= 11 is 12.1. The van der Waals surface area contributed by atoms with Gasteiger partial charge in [0.2, 0.25) is 0 Å². The highest BCUT2D eigenvalue weighted by Gasteiger charge is 2.39. The second kappa shape index (κ2) is 7.90. The minimum absolute atomic E-state index is 0.0416. The Labute approximate surface area is 169 Å². The molecule has 2 aromatic carbocycles. The number of rotatable bonds is 4. The molecule has 27 heavy (non-hydrogen) atoms. The van der Waals surface area contributed by atoms with E-state index in [1.54, 1.807) is 18.2 Å². The predicted molar refractivity (Wildman–Crippen MR) is 105 cm³/mol. The van der Waals surface area contributed by atoms with Gasteiger partial charge in [0.15, 0.2) is 11.6 Å². The van der Waals surface area contributed by atoms with E-state index in [0.29, 0.717) is 34.4 Å². The molecule has 0 unspecified atom stereocenters. The molecule has 6 heteroatoms. The van der Waals surface area contributed by atoms with E-state index in [0.717, 1.165) is 38.0 Å². The van der Waals surface area contributed by atoms with Crippen LogP contribution in [0.5, 0.6) is 0 Å². The van der Waals surface area contributed by atoms with E-state index in [9.17, 15) is 4.79 Å². The third-order valence-corrected chi connectivity index (χ3v) is 6.01. The highest BCUT2D eigenvalue weighted by atomic mass is 35.5. The summed E-state index contributed by atoms with van der Waals surface area (Å²) in [6.07, 6.45) is 1.71. The van der Waals surface area contributed by atoms with Gasteiger partial charge in [0.05, 0.1) is 23.3 Å². The maximum atomic E-state index is 13.0. The van der Waals surface area contributed by atoms with Crippen LogP contribution in [0.1, 0.15) is 34.3 Å². The number of benzene rings is 2. The highest BCUT2D eigenvalue weighted by Crippen LogP contribution is 2.32. The summed E-state index contributed by atoms with van der Waals surface area (Å²) in [7, 11) is 0. The van der Waals surface area contributed by atoms with Crippen molar-refractivity contribution < 1.29 is 14.3 Å². The summed E-state index contributed by atoms with van der Waals surface area (Å²) in [5.74, 6) is -0.425. The fourth-order valence-corrected chi connectivity index (χ4v) is 4.05. The van der Waals surface area contributed by atoms with Gasteiger partial charge in [-0.15, -0.1) is 0 Å². The first-order valence-corrected chi connectivity index (χ1v) is 9.90. The minimum Gasteiger partial charge on any atom is -0.347 e. The molecule has 0 aromatic heterocycles. The SMILES string of the molecule is O=C(c1ccc(Cl)c(Cl)c1)c1ccccc1CN1CCC2(CC1)OCCO2. The van der Waals surface area contributed by atoms with Crippen molar-refractivity contribution in [1.82, 2.24) is 4.90 Å². The number of carbonyl (C=O) groups is 1. The van der Waals surface area contributed by atoms with Crippen molar-refractivity contribution in [2.75, 3.05) is 26.3 Å². The molecule has 0 bridgehead atoms. The quantitative estimate of drug-likeness (QED) is 0.698. The van der Waals surface area contributed by atoms with Gasteiger partial charge in [0, 0.05) is 43.6 Å². The highest BCUT2D eigenvalue weighted by molar-refractivity contribution is 6.42. The van der Waals surface area contributed by atoms with E-state index in [2.05, 4.69) is 4.90 Å². The molecule has 0 radical (unpaired) electrons. The van der Waals surface area contributed by atoms with Crippen molar-refractivity contribution in [2.45, 2.75) is 25.2 Å². The Bertz CT molecular complexity index is 839. The van der Waals surface area contributed by atoms with E-state index >= 15 is 0 Å². The number of ether oxygens (including phenoxy) is 2. The molecule has 0 N–H and O–H groups in total. The van der Waals surface area contributed by atoms with E-state index in [-0.39, 0.29) is 11.6 Å². The molecular formula is C21H21Cl2NO3. The van der Waals surface area contributed by atoms with Crippen LogP contribution in [0.4, 0.5) is 0 Å². The van der Waals surface area contributed by atoms with E-state index in [4.69, 9.17) is 32.7 Å². The topological polar surface area (TPSA) is 38.8 Å². The number of carbonyl (C=O) groups excluding carboxylic acids is 1. The van der Waals surface area contributed by atoms with Crippen molar-refractivity contribution in [2.24, 2.45) is 0 Å². The average Bonchev–Trinajstić information content (AvgIpc) is 3.14. The smallest absolute Gasteiger partial charge is 0.193 e. The fraction of sp³-hybridized carbons (Fsp3) is 0.381. The first-order chi connectivity index (χ1) is 13.1. The second-order valence-corrected chi connectivity index (χ2v) is 7.81. The summed E-state index contributed by atoms with van der Waals surface area (Å²) in [4.78, 5) is 15.4. The van der Waals surface area contributed by atoms with Crippen LogP contribution in [0.3, 0.4) is 0 Å². The largest absolute Gasteiger partial charge is 0.347 e. The molecule has 2 aliphatic heterocycles. The van der Waals surface area contributed by atoms with E-state index in [1.165, 1.54) is 0 Å². The predicted octanol–water partition coefficient (Wildman–Crippen LogP) is 4.56. The van der Waals surface area contributed by atoms with Crippen LogP contribution in [-0.4, -0.2) is 42.8 Å². The lowest BCUT2D eigenvalue weighted by molar-refractivity contribution is -0.185. The first kappa shape index (κ1) is 18.9. The number of piperidine rings is 1. The maximum absolute atomic E-state index is 13.0. The van der Waals surface area contributed by atoms with Crippen LogP contribution in [0.25, 0.3) is 0 Å². The third kappa shape index (κ3) is 4.05. The maximum Gasteiger partial charge on any atom is 0.193 e. The Kier molecular flexibility index (Phi) is 5.53. The van der Waals surface area contributed by atoms with Gasteiger partial charge in [-0.05, 0) is 23.8 Å². The molecule has 0 atom stereocenters. The van der Waals surface area contributed by atoms with Crippen molar-refractivity contribution in [3.63, 3.8) is 0 Å². The number of hydrogen-bond donors (Lipinski definition) is 0. The number of ketones is 1. The van der Waals surface area contributed by atoms with Crippen LogP contribution in [0, 0.1) is 0 Å². The molecule has 0 aliphatic carbocycles. The Morgan fingerprint density at radius 1 is 1.00 bits per heavy atom. The molecule has 4 rings (SSSR count). The number of hydrogen-bond acceptors (Lipinski definition) is 4. The summed E-state index contributed by atoms with van der Waals surface area (Å²) in [5, 5.41) is 0.831. The second-order valence-electron chi connectivity index (χ2n) is 7.00. The molecule has 1 spiro atoms. The molecule has 2 heterocycles. The molecule has 2 aliphatic rings. The Morgan fingerprint density at radius 3 is 2.41 bits per heavy atom. The zero-order chi connectivity index (χ0) is 18.9. The Hall–Kier alpha value is -1.43. The number of nitrogens with zero attached hydrogens (tertiary/aromatic N) is 1. The fourth-order valence-electron chi connectivity index (χ4n) is 3.75. The van der Waals surface area contributed by atoms with E-state index < -0.39 is 0 Å². The van der Waals surface area contributed by atoms with Gasteiger partial charge in [-0.1, -0.05) is 47.5 Å². The van der Waals surface area contributed by atoms with E-state index in [1.807, 2.05) is 24.3 Å². The number of likely N-dealkylation sites (tertiary alicyclic amines) is 1. The van der Waals surface area contributed by atoms with Gasteiger partial charge < -0.3 is 9.47 Å². The summed E-state index contributed by atoms with van der Waals surface area (Å²) in [6.45, 7) is 3.85. The standard InChI is InChI=1S/C21H21Cl2NO3/c22-18-6-5-15(13-19(18)23)20(25)17-4-2-1-3-16(17)14-24-9-7-21(8-10-24)26-11-12-27-21/h1-6,13H,7-12,14H2. The summed E-state index contributed by atoms with van der Waals surface area (Å²) in [5.41, 5.74) is 2.25. The minimum atomic E-state index is -0.383. The molecule has 142 valence electrons. The van der Waals surface area contributed by atoms with Gasteiger partial charge in [0.1, 0.15) is 0 Å². The van der Waals surface area contributed by atoms with Crippen molar-refractivity contribution >= 4 is 29.0 Å². The van der Waals surface area contributed by atoms with Crippen LogP contribution in [0.2, 0.25) is 10.0 Å². The lowest BCUT2D eigenvalue weighted by Crippen LogP contribution is -2.44. The average molecular weight is 406 g/mol. The van der Waals surface area contributed by atoms with Gasteiger partial charge in [0.25, 0.3) is 0 Å². The normalized spacial score (nSPS) is 19.5. The molecule has 2 saturated heterocycles. The lowest BCUT2D eigenvalue weighted by Gasteiger charge is -2.37. The zero-order valence-corrected chi connectivity index (χ0v) is 16.4. The van der Waals surface area contributed by atoms with Gasteiger partial charge in [-0.25, -0.2) is 0 Å². The van der Waals surface area contributed by atoms with Gasteiger partial charge in [-0.3, -0.25) is 9.69 Å². The van der Waals surface area contributed by atoms with Crippen LogP contribution >= 0.6 is 23.2 Å². The monoisotopic (exact) mass is 405 g/mol. The first-order valence-electron chi connectivity index (χ1n) is 9.14. The van der Waals surface area contributed by atoms with Gasteiger partial charge >= 0.3 is 0 Å². The molecule has 2 fully saturated rings. The number of halogens is 2. The molecule has 2 aromatic rings. The van der Waals surface area contributed by atoms with Crippen molar-refractivity contribution in [3.05, 3.63) is 69.2 Å².